The van der Waals surface area contributed by atoms with Crippen LogP contribution in [0.25, 0.3) is 22.3 Å². The number of aryl methyl sites for hydroxylation is 1. The maximum atomic E-state index is 11.7. The lowest BCUT2D eigenvalue weighted by Crippen LogP contribution is -2.20. The van der Waals surface area contributed by atoms with Gasteiger partial charge in [0, 0.05) is 37.0 Å². The van der Waals surface area contributed by atoms with Gasteiger partial charge >= 0.3 is 0 Å². The SMILES string of the molecule is Cn1cnc2cc(-c3c[nH]c([C@H]4COc5ccc(Oc6ccnc7c6CCC(=O)N7)cc5C4)n3)ccc21. The van der Waals surface area contributed by atoms with Crippen molar-refractivity contribution in [3.63, 3.8) is 0 Å². The van der Waals surface area contributed by atoms with Crippen LogP contribution in [0.2, 0.25) is 0 Å². The van der Waals surface area contributed by atoms with Crippen molar-refractivity contribution in [3.05, 3.63) is 78.1 Å². The Labute approximate surface area is 212 Å². The molecule has 0 saturated heterocycles. The summed E-state index contributed by atoms with van der Waals surface area (Å²) >= 11 is 0. The van der Waals surface area contributed by atoms with Gasteiger partial charge in [-0.05, 0) is 54.8 Å². The Morgan fingerprint density at radius 3 is 3.00 bits per heavy atom. The summed E-state index contributed by atoms with van der Waals surface area (Å²) < 4.78 is 14.3. The summed E-state index contributed by atoms with van der Waals surface area (Å²) in [5, 5.41) is 2.82. The summed E-state index contributed by atoms with van der Waals surface area (Å²) in [5.74, 6) is 3.83. The monoisotopic (exact) mass is 492 g/mol. The number of rotatable bonds is 4. The second kappa shape index (κ2) is 8.48. The first-order valence-electron chi connectivity index (χ1n) is 12.3. The van der Waals surface area contributed by atoms with Crippen molar-refractivity contribution >= 4 is 22.8 Å². The van der Waals surface area contributed by atoms with Crippen molar-refractivity contribution in [1.82, 2.24) is 24.5 Å². The molecule has 2 aliphatic rings. The summed E-state index contributed by atoms with van der Waals surface area (Å²) in [6.07, 6.45) is 7.23. The maximum absolute atomic E-state index is 11.7. The standard InChI is InChI=1S/C28H24N6O3/c1-34-15-31-21-12-16(2-5-23(21)34)22-13-30-27(32-22)18-10-17-11-19(3-6-24(17)36-14-18)37-25-8-9-29-28-20(25)4-7-26(35)33-28/h2-3,5-6,8-9,11-13,15,18H,4,7,10,14H2,1H3,(H,30,32)(H,29,33,35)/t18-/m1/s1. The fourth-order valence-electron chi connectivity index (χ4n) is 5.08. The van der Waals surface area contributed by atoms with E-state index in [1.54, 1.807) is 6.20 Å². The third-order valence-electron chi connectivity index (χ3n) is 7.04. The van der Waals surface area contributed by atoms with Crippen molar-refractivity contribution in [2.75, 3.05) is 11.9 Å². The highest BCUT2D eigenvalue weighted by Gasteiger charge is 2.25. The molecule has 37 heavy (non-hydrogen) atoms. The van der Waals surface area contributed by atoms with Crippen molar-refractivity contribution in [2.45, 2.75) is 25.2 Å². The van der Waals surface area contributed by atoms with Gasteiger partial charge in [-0.2, -0.15) is 0 Å². The van der Waals surface area contributed by atoms with E-state index in [2.05, 4.69) is 38.5 Å². The number of ether oxygens (including phenoxy) is 2. The second-order valence-electron chi connectivity index (χ2n) is 9.50. The number of H-pyrrole nitrogens is 1. The molecule has 9 heteroatoms. The summed E-state index contributed by atoms with van der Waals surface area (Å²) in [6.45, 7) is 0.553. The maximum Gasteiger partial charge on any atom is 0.225 e. The van der Waals surface area contributed by atoms with E-state index < -0.39 is 0 Å². The van der Waals surface area contributed by atoms with Crippen LogP contribution >= 0.6 is 0 Å². The minimum absolute atomic E-state index is 0.0208. The topological polar surface area (TPSA) is 107 Å². The van der Waals surface area contributed by atoms with Gasteiger partial charge in [0.15, 0.2) is 0 Å². The summed E-state index contributed by atoms with van der Waals surface area (Å²) in [6, 6.07) is 13.9. The molecule has 3 aromatic heterocycles. The number of aromatic amines is 1. The molecule has 0 unspecified atom stereocenters. The predicted molar refractivity (Wildman–Crippen MR) is 138 cm³/mol. The first-order valence-corrected chi connectivity index (χ1v) is 12.3. The van der Waals surface area contributed by atoms with Crippen molar-refractivity contribution in [2.24, 2.45) is 7.05 Å². The highest BCUT2D eigenvalue weighted by Crippen LogP contribution is 2.37. The molecule has 1 amide bonds. The molecule has 0 fully saturated rings. The Bertz CT molecular complexity index is 1670. The molecule has 1 atom stereocenters. The molecular formula is C28H24N6O3. The van der Waals surface area contributed by atoms with Crippen LogP contribution in [0.3, 0.4) is 0 Å². The third kappa shape index (κ3) is 3.88. The minimum atomic E-state index is -0.0208. The minimum Gasteiger partial charge on any atom is -0.493 e. The van der Waals surface area contributed by atoms with Gasteiger partial charge in [-0.25, -0.2) is 15.0 Å². The number of pyridine rings is 1. The van der Waals surface area contributed by atoms with Crippen LogP contribution in [0.5, 0.6) is 17.2 Å². The molecule has 0 saturated carbocycles. The first kappa shape index (κ1) is 21.6. The molecule has 0 radical (unpaired) electrons. The van der Waals surface area contributed by atoms with Crippen LogP contribution in [-0.4, -0.2) is 37.0 Å². The normalized spacial score (nSPS) is 16.6. The molecule has 7 rings (SSSR count). The molecule has 5 heterocycles. The molecule has 2 aromatic carbocycles. The number of fused-ring (bicyclic) bond motifs is 3. The molecular weight excluding hydrogens is 468 g/mol. The van der Waals surface area contributed by atoms with E-state index in [0.717, 1.165) is 57.2 Å². The van der Waals surface area contributed by atoms with Crippen LogP contribution in [0, 0.1) is 0 Å². The number of imidazole rings is 2. The number of anilines is 1. The van der Waals surface area contributed by atoms with Gasteiger partial charge in [-0.1, -0.05) is 6.07 Å². The summed E-state index contributed by atoms with van der Waals surface area (Å²) in [7, 11) is 1.99. The van der Waals surface area contributed by atoms with Crippen LogP contribution in [0.15, 0.2) is 61.2 Å². The highest BCUT2D eigenvalue weighted by molar-refractivity contribution is 5.93. The summed E-state index contributed by atoms with van der Waals surface area (Å²) in [4.78, 5) is 28.7. The largest absolute Gasteiger partial charge is 0.493 e. The van der Waals surface area contributed by atoms with Crippen molar-refractivity contribution < 1.29 is 14.3 Å². The van der Waals surface area contributed by atoms with Gasteiger partial charge in [0.2, 0.25) is 5.91 Å². The van der Waals surface area contributed by atoms with E-state index >= 15 is 0 Å². The van der Waals surface area contributed by atoms with Gasteiger partial charge in [-0.15, -0.1) is 0 Å². The van der Waals surface area contributed by atoms with Gasteiger partial charge < -0.3 is 24.3 Å². The van der Waals surface area contributed by atoms with Crippen LogP contribution in [0.1, 0.15) is 29.3 Å². The van der Waals surface area contributed by atoms with Crippen LogP contribution < -0.4 is 14.8 Å². The Balaban J connectivity index is 1.12. The number of hydrogen-bond donors (Lipinski definition) is 2. The van der Waals surface area contributed by atoms with E-state index in [1.165, 1.54) is 0 Å². The Kier molecular flexibility index (Phi) is 4.95. The zero-order chi connectivity index (χ0) is 24.9. The Morgan fingerprint density at radius 2 is 2.05 bits per heavy atom. The summed E-state index contributed by atoms with van der Waals surface area (Å²) in [5.41, 5.74) is 5.94. The van der Waals surface area contributed by atoms with Crippen LogP contribution in [-0.2, 0) is 24.7 Å². The molecule has 9 nitrogen and oxygen atoms in total. The fraction of sp³-hybridized carbons (Fsp3) is 0.214. The van der Waals surface area contributed by atoms with E-state index in [4.69, 9.17) is 14.5 Å². The average molecular weight is 493 g/mol. The molecule has 5 aromatic rings. The number of benzene rings is 2. The lowest BCUT2D eigenvalue weighted by molar-refractivity contribution is -0.116. The van der Waals surface area contributed by atoms with E-state index in [9.17, 15) is 4.79 Å². The quantitative estimate of drug-likeness (QED) is 0.375. The van der Waals surface area contributed by atoms with E-state index in [1.807, 2.05) is 48.4 Å². The Morgan fingerprint density at radius 1 is 1.11 bits per heavy atom. The van der Waals surface area contributed by atoms with Gasteiger partial charge in [-0.3, -0.25) is 4.79 Å². The molecule has 0 spiro atoms. The van der Waals surface area contributed by atoms with Crippen molar-refractivity contribution in [1.29, 1.82) is 0 Å². The number of nitrogens with one attached hydrogen (secondary N) is 2. The smallest absolute Gasteiger partial charge is 0.225 e. The predicted octanol–water partition coefficient (Wildman–Crippen LogP) is 4.75. The number of amides is 1. The van der Waals surface area contributed by atoms with E-state index in [-0.39, 0.29) is 11.8 Å². The zero-order valence-electron chi connectivity index (χ0n) is 20.2. The number of carbonyl (C=O) groups excluding carboxylic acids is 1. The van der Waals surface area contributed by atoms with E-state index in [0.29, 0.717) is 31.0 Å². The van der Waals surface area contributed by atoms with Gasteiger partial charge in [0.05, 0.1) is 35.6 Å². The number of aromatic nitrogens is 5. The lowest BCUT2D eigenvalue weighted by Gasteiger charge is -2.25. The van der Waals surface area contributed by atoms with Crippen molar-refractivity contribution in [3.8, 4) is 28.5 Å². The van der Waals surface area contributed by atoms with Gasteiger partial charge in [0.25, 0.3) is 0 Å². The fourth-order valence-corrected chi connectivity index (χ4v) is 5.08. The molecule has 2 N–H and O–H groups in total. The molecule has 184 valence electrons. The lowest BCUT2D eigenvalue weighted by atomic mass is 9.96. The molecule has 0 aliphatic carbocycles. The average Bonchev–Trinajstić information content (AvgIpc) is 3.55. The molecule has 0 bridgehead atoms. The number of nitrogens with zero attached hydrogens (tertiary/aromatic N) is 4. The number of carbonyl (C=O) groups is 1. The first-order chi connectivity index (χ1) is 18.1. The van der Waals surface area contributed by atoms with Crippen LogP contribution in [0.4, 0.5) is 5.82 Å². The molecule has 2 aliphatic heterocycles. The number of hydrogen-bond acceptors (Lipinski definition) is 6. The Hall–Kier alpha value is -4.66. The second-order valence-corrected chi connectivity index (χ2v) is 9.50. The van der Waals surface area contributed by atoms with Gasteiger partial charge in [0.1, 0.15) is 28.9 Å². The zero-order valence-corrected chi connectivity index (χ0v) is 20.2. The third-order valence-corrected chi connectivity index (χ3v) is 7.04. The highest BCUT2D eigenvalue weighted by atomic mass is 16.5.